The molecule has 2 aromatic rings. The maximum atomic E-state index is 8.74. The first kappa shape index (κ1) is 10.5. The first-order valence-corrected chi connectivity index (χ1v) is 5.01. The van der Waals surface area contributed by atoms with E-state index in [2.05, 4.69) is 4.98 Å². The van der Waals surface area contributed by atoms with Gasteiger partial charge in [0.1, 0.15) is 11.9 Å². The van der Waals surface area contributed by atoms with Crippen molar-refractivity contribution in [1.29, 1.82) is 5.26 Å². The maximum Gasteiger partial charge on any atom is 0.142 e. The van der Waals surface area contributed by atoms with E-state index in [1.807, 2.05) is 24.3 Å². The Labute approximate surface area is 98.1 Å². The van der Waals surface area contributed by atoms with Crippen molar-refractivity contribution in [2.75, 3.05) is 5.73 Å². The molecule has 0 aliphatic carbocycles. The summed E-state index contributed by atoms with van der Waals surface area (Å²) in [5.74, 6) is 0.222. The summed E-state index contributed by atoms with van der Waals surface area (Å²) in [6.45, 7) is 0. The number of hydrogen-bond acceptors (Lipinski definition) is 3. The van der Waals surface area contributed by atoms with Gasteiger partial charge < -0.3 is 5.73 Å². The largest absolute Gasteiger partial charge is 0.383 e. The van der Waals surface area contributed by atoms with Crippen LogP contribution in [0.15, 0.2) is 36.4 Å². The van der Waals surface area contributed by atoms with Gasteiger partial charge in [0.2, 0.25) is 0 Å². The van der Waals surface area contributed by atoms with E-state index in [1.54, 1.807) is 18.2 Å². The van der Waals surface area contributed by atoms with Gasteiger partial charge >= 0.3 is 0 Å². The molecule has 0 fully saturated rings. The maximum absolute atomic E-state index is 8.74. The summed E-state index contributed by atoms with van der Waals surface area (Å²) in [7, 11) is 0. The second kappa shape index (κ2) is 4.21. The Morgan fingerprint density at radius 3 is 2.56 bits per heavy atom. The SMILES string of the molecule is N#Cc1ccc(-c2ccccc2Cl)nc1N. The van der Waals surface area contributed by atoms with Gasteiger partial charge in [0, 0.05) is 10.6 Å². The lowest BCUT2D eigenvalue weighted by Gasteiger charge is -2.04. The number of nitrogen functional groups attached to an aromatic ring is 1. The molecule has 0 bridgehead atoms. The molecule has 0 saturated carbocycles. The molecule has 0 spiro atoms. The van der Waals surface area contributed by atoms with Gasteiger partial charge in [0.15, 0.2) is 0 Å². The fraction of sp³-hybridized carbons (Fsp3) is 0. The van der Waals surface area contributed by atoms with Gasteiger partial charge in [0.25, 0.3) is 0 Å². The van der Waals surface area contributed by atoms with Gasteiger partial charge in [-0.2, -0.15) is 5.26 Å². The Hall–Kier alpha value is -2.05. The Bertz CT molecular complexity index is 573. The zero-order valence-electron chi connectivity index (χ0n) is 8.31. The van der Waals surface area contributed by atoms with Crippen molar-refractivity contribution in [3.05, 3.63) is 47.0 Å². The van der Waals surface area contributed by atoms with Gasteiger partial charge in [-0.05, 0) is 18.2 Å². The highest BCUT2D eigenvalue weighted by Crippen LogP contribution is 2.27. The monoisotopic (exact) mass is 229 g/mol. The molecule has 0 saturated heterocycles. The van der Waals surface area contributed by atoms with Crippen LogP contribution >= 0.6 is 11.6 Å². The zero-order valence-corrected chi connectivity index (χ0v) is 9.07. The fourth-order valence-corrected chi connectivity index (χ4v) is 1.62. The molecule has 0 atom stereocenters. The highest BCUT2D eigenvalue weighted by atomic mass is 35.5. The highest BCUT2D eigenvalue weighted by Gasteiger charge is 2.06. The number of nitriles is 1. The smallest absolute Gasteiger partial charge is 0.142 e. The topological polar surface area (TPSA) is 62.7 Å². The molecular formula is C12H8ClN3. The molecule has 1 heterocycles. The van der Waals surface area contributed by atoms with E-state index >= 15 is 0 Å². The molecule has 2 rings (SSSR count). The number of nitrogens with zero attached hydrogens (tertiary/aromatic N) is 2. The summed E-state index contributed by atoms with van der Waals surface area (Å²) in [5.41, 5.74) is 7.49. The minimum Gasteiger partial charge on any atom is -0.383 e. The lowest BCUT2D eigenvalue weighted by Crippen LogP contribution is -1.96. The van der Waals surface area contributed by atoms with Crippen LogP contribution in [0.25, 0.3) is 11.3 Å². The number of rotatable bonds is 1. The second-order valence-electron chi connectivity index (χ2n) is 3.22. The second-order valence-corrected chi connectivity index (χ2v) is 3.63. The minimum absolute atomic E-state index is 0.222. The van der Waals surface area contributed by atoms with Crippen LogP contribution in [0.5, 0.6) is 0 Å². The van der Waals surface area contributed by atoms with Crippen LogP contribution < -0.4 is 5.73 Å². The third-order valence-electron chi connectivity index (χ3n) is 2.19. The van der Waals surface area contributed by atoms with Gasteiger partial charge in [-0.3, -0.25) is 0 Å². The predicted molar refractivity (Wildman–Crippen MR) is 63.8 cm³/mol. The minimum atomic E-state index is 0.222. The molecule has 0 aliphatic heterocycles. The van der Waals surface area contributed by atoms with Gasteiger partial charge in [-0.1, -0.05) is 29.8 Å². The number of anilines is 1. The number of pyridine rings is 1. The van der Waals surface area contributed by atoms with E-state index in [0.717, 1.165) is 5.56 Å². The summed E-state index contributed by atoms with van der Waals surface area (Å²) < 4.78 is 0. The molecule has 0 amide bonds. The average Bonchev–Trinajstić information content (AvgIpc) is 2.29. The van der Waals surface area contributed by atoms with Gasteiger partial charge in [-0.15, -0.1) is 0 Å². The summed E-state index contributed by atoms with van der Waals surface area (Å²) in [6.07, 6.45) is 0. The Balaban J connectivity index is 2.55. The molecule has 0 radical (unpaired) electrons. The lowest BCUT2D eigenvalue weighted by molar-refractivity contribution is 1.31. The van der Waals surface area contributed by atoms with Crippen LogP contribution in [-0.2, 0) is 0 Å². The van der Waals surface area contributed by atoms with Crippen LogP contribution in [0.2, 0.25) is 5.02 Å². The normalized spacial score (nSPS) is 9.75. The van der Waals surface area contributed by atoms with Crippen molar-refractivity contribution >= 4 is 17.4 Å². The molecule has 0 aliphatic rings. The number of nitrogens with two attached hydrogens (primary N) is 1. The molecule has 0 unspecified atom stereocenters. The first-order valence-electron chi connectivity index (χ1n) is 4.64. The van der Waals surface area contributed by atoms with E-state index in [4.69, 9.17) is 22.6 Å². The van der Waals surface area contributed by atoms with Gasteiger partial charge in [0.05, 0.1) is 11.3 Å². The van der Waals surface area contributed by atoms with Crippen LogP contribution in [0, 0.1) is 11.3 Å². The van der Waals surface area contributed by atoms with Crippen molar-refractivity contribution in [3.8, 4) is 17.3 Å². The van der Waals surface area contributed by atoms with E-state index in [1.165, 1.54) is 0 Å². The van der Waals surface area contributed by atoms with Crippen molar-refractivity contribution < 1.29 is 0 Å². The van der Waals surface area contributed by atoms with Crippen LogP contribution in [0.3, 0.4) is 0 Å². The summed E-state index contributed by atoms with van der Waals surface area (Å²) in [5, 5.41) is 9.35. The molecule has 1 aromatic carbocycles. The summed E-state index contributed by atoms with van der Waals surface area (Å²) in [4.78, 5) is 4.15. The number of halogens is 1. The number of aromatic nitrogens is 1. The highest BCUT2D eigenvalue weighted by molar-refractivity contribution is 6.33. The van der Waals surface area contributed by atoms with Crippen molar-refractivity contribution in [2.24, 2.45) is 0 Å². The summed E-state index contributed by atoms with van der Waals surface area (Å²) >= 11 is 6.04. The molecule has 4 heteroatoms. The van der Waals surface area contributed by atoms with E-state index < -0.39 is 0 Å². The summed E-state index contributed by atoms with van der Waals surface area (Å²) in [6, 6.07) is 12.7. The number of hydrogen-bond donors (Lipinski definition) is 1. The predicted octanol–water partition coefficient (Wildman–Crippen LogP) is 2.86. The first-order chi connectivity index (χ1) is 7.72. The quantitative estimate of drug-likeness (QED) is 0.818. The molecule has 16 heavy (non-hydrogen) atoms. The standard InChI is InChI=1S/C12H8ClN3/c13-10-4-2-1-3-9(10)11-6-5-8(7-14)12(15)16-11/h1-6H,(H2,15,16). The molecule has 78 valence electrons. The molecule has 2 N–H and O–H groups in total. The lowest BCUT2D eigenvalue weighted by atomic mass is 10.1. The Kier molecular flexibility index (Phi) is 2.76. The van der Waals surface area contributed by atoms with Crippen LogP contribution in [0.4, 0.5) is 5.82 Å². The van der Waals surface area contributed by atoms with Crippen molar-refractivity contribution in [1.82, 2.24) is 4.98 Å². The van der Waals surface area contributed by atoms with Gasteiger partial charge in [-0.25, -0.2) is 4.98 Å². The Morgan fingerprint density at radius 1 is 1.19 bits per heavy atom. The number of benzene rings is 1. The Morgan fingerprint density at radius 2 is 1.94 bits per heavy atom. The van der Waals surface area contributed by atoms with Crippen LogP contribution in [0.1, 0.15) is 5.56 Å². The van der Waals surface area contributed by atoms with E-state index in [-0.39, 0.29) is 5.82 Å². The van der Waals surface area contributed by atoms with E-state index in [9.17, 15) is 0 Å². The average molecular weight is 230 g/mol. The third kappa shape index (κ3) is 1.83. The molecule has 3 nitrogen and oxygen atoms in total. The fourth-order valence-electron chi connectivity index (χ4n) is 1.39. The van der Waals surface area contributed by atoms with Crippen molar-refractivity contribution in [2.45, 2.75) is 0 Å². The van der Waals surface area contributed by atoms with E-state index in [0.29, 0.717) is 16.3 Å². The third-order valence-corrected chi connectivity index (χ3v) is 2.52. The zero-order chi connectivity index (χ0) is 11.5. The molecule has 1 aromatic heterocycles. The molecular weight excluding hydrogens is 222 g/mol. The van der Waals surface area contributed by atoms with Crippen molar-refractivity contribution in [3.63, 3.8) is 0 Å². The van der Waals surface area contributed by atoms with Crippen LogP contribution in [-0.4, -0.2) is 4.98 Å².